The minimum atomic E-state index is -4.79. The highest BCUT2D eigenvalue weighted by Crippen LogP contribution is 2.37. The zero-order valence-electron chi connectivity index (χ0n) is 22.9. The number of hydrogen-bond acceptors (Lipinski definition) is 4. The Kier molecular flexibility index (Phi) is 9.83. The molecule has 3 aromatic rings. The van der Waals surface area contributed by atoms with E-state index in [2.05, 4.69) is 5.32 Å². The van der Waals surface area contributed by atoms with Gasteiger partial charge in [-0.2, -0.15) is 13.2 Å². The quantitative estimate of drug-likeness (QED) is 0.300. The predicted octanol–water partition coefficient (Wildman–Crippen LogP) is 6.03. The Morgan fingerprint density at radius 1 is 0.976 bits per heavy atom. The summed E-state index contributed by atoms with van der Waals surface area (Å²) < 4.78 is 69.2. The lowest BCUT2D eigenvalue weighted by atomic mass is 10.1. The molecule has 4 rings (SSSR count). The zero-order chi connectivity index (χ0) is 30.5. The molecule has 1 atom stereocenters. The van der Waals surface area contributed by atoms with Gasteiger partial charge in [0.2, 0.25) is 11.8 Å². The summed E-state index contributed by atoms with van der Waals surface area (Å²) in [5.74, 6) is -1.19. The Labute approximate surface area is 248 Å². The van der Waals surface area contributed by atoms with Crippen molar-refractivity contribution in [3.05, 3.63) is 95.0 Å². The van der Waals surface area contributed by atoms with Crippen LogP contribution in [-0.4, -0.2) is 43.8 Å². The third kappa shape index (κ3) is 7.43. The second kappa shape index (κ2) is 13.2. The number of nitrogens with zero attached hydrogens (tertiary/aromatic N) is 2. The molecule has 0 aliphatic heterocycles. The number of benzene rings is 3. The van der Waals surface area contributed by atoms with Gasteiger partial charge in [0.25, 0.3) is 10.0 Å². The summed E-state index contributed by atoms with van der Waals surface area (Å²) in [6, 6.07) is 17.1. The first-order chi connectivity index (χ1) is 19.9. The SMILES string of the molecule is C[C@H](C(=O)NC1CCCC1)N(Cc1ccccc1)C(=O)CN(c1cc(C(F)(F)F)ccc1Cl)S(=O)(=O)c1ccccc1. The molecule has 1 N–H and O–H groups in total. The van der Waals surface area contributed by atoms with Crippen molar-refractivity contribution in [1.82, 2.24) is 10.2 Å². The van der Waals surface area contributed by atoms with Crippen LogP contribution >= 0.6 is 11.6 Å². The molecule has 7 nitrogen and oxygen atoms in total. The zero-order valence-corrected chi connectivity index (χ0v) is 24.4. The molecule has 1 aliphatic carbocycles. The minimum Gasteiger partial charge on any atom is -0.352 e. The normalized spacial score (nSPS) is 14.8. The van der Waals surface area contributed by atoms with Gasteiger partial charge in [0.15, 0.2) is 0 Å². The molecule has 0 heterocycles. The van der Waals surface area contributed by atoms with Crippen LogP contribution in [-0.2, 0) is 32.3 Å². The summed E-state index contributed by atoms with van der Waals surface area (Å²) in [5, 5.41) is 2.67. The molecule has 0 radical (unpaired) electrons. The molecule has 0 saturated heterocycles. The van der Waals surface area contributed by atoms with Gasteiger partial charge in [-0.25, -0.2) is 8.42 Å². The van der Waals surface area contributed by atoms with Gasteiger partial charge in [-0.3, -0.25) is 13.9 Å². The Morgan fingerprint density at radius 2 is 1.57 bits per heavy atom. The van der Waals surface area contributed by atoms with E-state index in [4.69, 9.17) is 11.6 Å². The molecule has 0 bridgehead atoms. The van der Waals surface area contributed by atoms with Crippen molar-refractivity contribution in [2.45, 2.75) is 62.3 Å². The summed E-state index contributed by atoms with van der Waals surface area (Å²) in [7, 11) is -4.57. The molecule has 224 valence electrons. The second-order valence-electron chi connectivity index (χ2n) is 10.2. The Balaban J connectivity index is 1.74. The fourth-order valence-electron chi connectivity index (χ4n) is 4.87. The minimum absolute atomic E-state index is 0.0208. The van der Waals surface area contributed by atoms with Crippen LogP contribution < -0.4 is 9.62 Å². The molecule has 3 aromatic carbocycles. The highest BCUT2D eigenvalue weighted by molar-refractivity contribution is 7.92. The van der Waals surface area contributed by atoms with Crippen LogP contribution in [0.3, 0.4) is 0 Å². The summed E-state index contributed by atoms with van der Waals surface area (Å²) >= 11 is 6.27. The fraction of sp³-hybridized carbons (Fsp3) is 0.333. The van der Waals surface area contributed by atoms with Crippen molar-refractivity contribution in [2.24, 2.45) is 0 Å². The standard InChI is InChI=1S/C30H31ClF3N3O4S/c1-21(29(39)35-24-12-8-9-13-24)36(19-22-10-4-2-5-11-22)28(38)20-37(42(40,41)25-14-6-3-7-15-25)27-18-23(30(32,33)34)16-17-26(27)31/h2-7,10-11,14-18,21,24H,8-9,12-13,19-20H2,1H3,(H,35,39)/t21-/m1/s1. The predicted molar refractivity (Wildman–Crippen MR) is 154 cm³/mol. The number of carbonyl (C=O) groups excluding carboxylic acids is 2. The molecule has 0 spiro atoms. The Morgan fingerprint density at radius 3 is 2.17 bits per heavy atom. The lowest BCUT2D eigenvalue weighted by molar-refractivity contribution is -0.139. The summed E-state index contributed by atoms with van der Waals surface area (Å²) in [6.45, 7) is 0.610. The van der Waals surface area contributed by atoms with E-state index in [1.807, 2.05) is 0 Å². The van der Waals surface area contributed by atoms with Crippen LogP contribution in [0.4, 0.5) is 18.9 Å². The number of anilines is 1. The van der Waals surface area contributed by atoms with E-state index in [0.717, 1.165) is 37.8 Å². The van der Waals surface area contributed by atoms with Gasteiger partial charge >= 0.3 is 6.18 Å². The van der Waals surface area contributed by atoms with Crippen molar-refractivity contribution < 1.29 is 31.2 Å². The van der Waals surface area contributed by atoms with Gasteiger partial charge in [0.1, 0.15) is 12.6 Å². The Bertz CT molecular complexity index is 1500. The molecule has 0 aromatic heterocycles. The van der Waals surface area contributed by atoms with Crippen molar-refractivity contribution >= 4 is 39.1 Å². The van der Waals surface area contributed by atoms with Crippen molar-refractivity contribution in [1.29, 1.82) is 0 Å². The van der Waals surface area contributed by atoms with Crippen molar-refractivity contribution in [3.63, 3.8) is 0 Å². The van der Waals surface area contributed by atoms with E-state index in [-0.39, 0.29) is 22.5 Å². The van der Waals surface area contributed by atoms with E-state index in [0.29, 0.717) is 15.9 Å². The van der Waals surface area contributed by atoms with E-state index in [1.165, 1.54) is 29.2 Å². The monoisotopic (exact) mass is 621 g/mol. The van der Waals surface area contributed by atoms with Crippen molar-refractivity contribution in [2.75, 3.05) is 10.8 Å². The maximum atomic E-state index is 14.0. The molecule has 0 unspecified atom stereocenters. The van der Waals surface area contributed by atoms with E-state index in [9.17, 15) is 31.2 Å². The number of carbonyl (C=O) groups is 2. The van der Waals surface area contributed by atoms with E-state index < -0.39 is 51.9 Å². The summed E-state index contributed by atoms with van der Waals surface area (Å²) in [5.41, 5.74) is -0.958. The maximum absolute atomic E-state index is 14.0. The van der Waals surface area contributed by atoms with E-state index >= 15 is 0 Å². The first-order valence-corrected chi connectivity index (χ1v) is 15.3. The van der Waals surface area contributed by atoms with Gasteiger partial charge in [-0.1, -0.05) is 73.0 Å². The smallest absolute Gasteiger partial charge is 0.352 e. The molecular formula is C30H31ClF3N3O4S. The summed E-state index contributed by atoms with van der Waals surface area (Å²) in [6.07, 6.45) is -1.19. The third-order valence-electron chi connectivity index (χ3n) is 7.22. The third-order valence-corrected chi connectivity index (χ3v) is 9.31. The Hall–Kier alpha value is -3.57. The number of hydrogen-bond donors (Lipinski definition) is 1. The number of alkyl halides is 3. The van der Waals surface area contributed by atoms with Crippen molar-refractivity contribution in [3.8, 4) is 0 Å². The molecule has 12 heteroatoms. The van der Waals surface area contributed by atoms with Gasteiger partial charge in [0, 0.05) is 12.6 Å². The largest absolute Gasteiger partial charge is 0.416 e. The second-order valence-corrected chi connectivity index (χ2v) is 12.4. The van der Waals surface area contributed by atoms with Crippen LogP contribution in [0.1, 0.15) is 43.7 Å². The van der Waals surface area contributed by atoms with Crippen LogP contribution in [0.5, 0.6) is 0 Å². The highest BCUT2D eigenvalue weighted by Gasteiger charge is 2.36. The van der Waals surface area contributed by atoms with Crippen LogP contribution in [0.25, 0.3) is 0 Å². The molecule has 1 saturated carbocycles. The lowest BCUT2D eigenvalue weighted by Gasteiger charge is -2.33. The average molecular weight is 622 g/mol. The van der Waals surface area contributed by atoms with Gasteiger partial charge in [0.05, 0.1) is 21.2 Å². The fourth-order valence-corrected chi connectivity index (χ4v) is 6.58. The van der Waals surface area contributed by atoms with Gasteiger partial charge < -0.3 is 10.2 Å². The first-order valence-electron chi connectivity index (χ1n) is 13.5. The number of amides is 2. The van der Waals surface area contributed by atoms with Gasteiger partial charge in [-0.05, 0) is 55.7 Å². The average Bonchev–Trinajstić information content (AvgIpc) is 3.48. The molecule has 1 fully saturated rings. The van der Waals surface area contributed by atoms with Gasteiger partial charge in [-0.15, -0.1) is 0 Å². The number of sulfonamides is 1. The van der Waals surface area contributed by atoms with Crippen LogP contribution in [0.2, 0.25) is 5.02 Å². The lowest BCUT2D eigenvalue weighted by Crippen LogP contribution is -2.52. The van der Waals surface area contributed by atoms with Crippen LogP contribution in [0, 0.1) is 0 Å². The first kappa shape index (κ1) is 31.4. The molecule has 42 heavy (non-hydrogen) atoms. The number of rotatable bonds is 10. The maximum Gasteiger partial charge on any atom is 0.416 e. The number of nitrogens with one attached hydrogen (secondary N) is 1. The molecule has 2 amide bonds. The molecule has 1 aliphatic rings. The van der Waals surface area contributed by atoms with Crippen LogP contribution in [0.15, 0.2) is 83.8 Å². The highest BCUT2D eigenvalue weighted by atomic mass is 35.5. The molecular weight excluding hydrogens is 591 g/mol. The topological polar surface area (TPSA) is 86.8 Å². The number of halogens is 4. The summed E-state index contributed by atoms with van der Waals surface area (Å²) in [4.78, 5) is 28.2. The van der Waals surface area contributed by atoms with E-state index in [1.54, 1.807) is 43.3 Å².